The fourth-order valence-electron chi connectivity index (χ4n) is 2.29. The van der Waals surface area contributed by atoms with Crippen LogP contribution in [-0.4, -0.2) is 29.4 Å². The maximum atomic E-state index is 12.4. The van der Waals surface area contributed by atoms with E-state index < -0.39 is 15.9 Å². The fourth-order valence-corrected chi connectivity index (χ4v) is 3.42. The minimum Gasteiger partial charge on any atom is -0.508 e. The molecular formula is C19H15ClN4O4S. The molecule has 0 aliphatic rings. The van der Waals surface area contributed by atoms with E-state index in [1.807, 2.05) is 0 Å². The van der Waals surface area contributed by atoms with Gasteiger partial charge in [0.1, 0.15) is 10.9 Å². The first kappa shape index (κ1) is 20.3. The van der Waals surface area contributed by atoms with Crippen LogP contribution in [0.3, 0.4) is 0 Å². The largest absolute Gasteiger partial charge is 0.508 e. The Labute approximate surface area is 172 Å². The van der Waals surface area contributed by atoms with Crippen molar-refractivity contribution in [2.24, 2.45) is 0 Å². The quantitative estimate of drug-likeness (QED) is 0.516. The number of nitrogens with zero attached hydrogens (tertiary/aromatic N) is 2. The molecule has 0 fully saturated rings. The average molecular weight is 431 g/mol. The molecule has 2 aromatic carbocycles. The van der Waals surface area contributed by atoms with Crippen LogP contribution < -0.4 is 10.0 Å². The third kappa shape index (κ3) is 5.77. The van der Waals surface area contributed by atoms with Gasteiger partial charge in [-0.1, -0.05) is 23.7 Å². The molecule has 29 heavy (non-hydrogen) atoms. The first-order valence-electron chi connectivity index (χ1n) is 8.20. The molecule has 8 nitrogen and oxygen atoms in total. The summed E-state index contributed by atoms with van der Waals surface area (Å²) in [5.41, 5.74) is 1.08. The lowest BCUT2D eigenvalue weighted by atomic mass is 10.2. The van der Waals surface area contributed by atoms with Gasteiger partial charge >= 0.3 is 0 Å². The van der Waals surface area contributed by atoms with Gasteiger partial charge in [-0.25, -0.2) is 13.4 Å². The van der Waals surface area contributed by atoms with Gasteiger partial charge in [0.15, 0.2) is 5.82 Å². The van der Waals surface area contributed by atoms with Crippen molar-refractivity contribution in [2.45, 2.75) is 4.90 Å². The Morgan fingerprint density at radius 2 is 1.86 bits per heavy atom. The number of benzene rings is 2. The molecule has 1 heterocycles. The first-order valence-corrected chi connectivity index (χ1v) is 10.1. The molecule has 0 radical (unpaired) electrons. The lowest BCUT2D eigenvalue weighted by Gasteiger charge is -2.08. The van der Waals surface area contributed by atoms with E-state index in [1.165, 1.54) is 54.9 Å². The van der Waals surface area contributed by atoms with Crippen LogP contribution in [0, 0.1) is 0 Å². The Hall–Kier alpha value is -3.43. The second-order valence-corrected chi connectivity index (χ2v) is 7.84. The maximum Gasteiger partial charge on any atom is 0.263 e. The molecule has 3 N–H and O–H groups in total. The highest BCUT2D eigenvalue weighted by molar-refractivity contribution is 7.92. The number of phenolic OH excluding ortho intramolecular Hbond substituents is 1. The summed E-state index contributed by atoms with van der Waals surface area (Å²) in [6, 6.07) is 12.0. The molecule has 3 rings (SSSR count). The number of amides is 1. The summed E-state index contributed by atoms with van der Waals surface area (Å²) in [5, 5.41) is 12.1. The Morgan fingerprint density at radius 1 is 1.10 bits per heavy atom. The molecule has 0 bridgehead atoms. The molecule has 1 aromatic heterocycles. The number of aromatic hydroxyl groups is 1. The Kier molecular flexibility index (Phi) is 6.10. The van der Waals surface area contributed by atoms with Crippen LogP contribution in [0.4, 0.5) is 11.5 Å². The number of hydrogen-bond donors (Lipinski definition) is 3. The Bertz CT molecular complexity index is 1160. The van der Waals surface area contributed by atoms with Crippen molar-refractivity contribution in [1.82, 2.24) is 9.97 Å². The van der Waals surface area contributed by atoms with Crippen LogP contribution in [-0.2, 0) is 14.8 Å². The normalized spacial score (nSPS) is 11.3. The van der Waals surface area contributed by atoms with Crippen molar-refractivity contribution < 1.29 is 18.3 Å². The number of sulfonamides is 1. The van der Waals surface area contributed by atoms with Gasteiger partial charge in [-0.2, -0.15) is 0 Å². The third-order valence-corrected chi connectivity index (χ3v) is 5.13. The van der Waals surface area contributed by atoms with Crippen molar-refractivity contribution in [3.8, 4) is 5.75 Å². The maximum absolute atomic E-state index is 12.4. The van der Waals surface area contributed by atoms with E-state index in [1.54, 1.807) is 18.2 Å². The van der Waals surface area contributed by atoms with E-state index in [0.717, 1.165) is 0 Å². The predicted octanol–water partition coefficient (Wildman–Crippen LogP) is 3.29. The zero-order chi connectivity index (χ0) is 20.9. The van der Waals surface area contributed by atoms with Crippen LogP contribution in [0.15, 0.2) is 71.9 Å². The highest BCUT2D eigenvalue weighted by Gasteiger charge is 2.15. The lowest BCUT2D eigenvalue weighted by Crippen LogP contribution is -2.14. The first-order chi connectivity index (χ1) is 13.8. The molecule has 0 saturated heterocycles. The van der Waals surface area contributed by atoms with E-state index in [-0.39, 0.29) is 21.6 Å². The smallest absolute Gasteiger partial charge is 0.263 e. The summed E-state index contributed by atoms with van der Waals surface area (Å²) in [5.74, 6) is -0.315. The van der Waals surface area contributed by atoms with Crippen molar-refractivity contribution in [1.29, 1.82) is 0 Å². The second kappa shape index (κ2) is 8.72. The van der Waals surface area contributed by atoms with Gasteiger partial charge in [-0.3, -0.25) is 14.5 Å². The number of hydrogen-bond acceptors (Lipinski definition) is 6. The fraction of sp³-hybridized carbons (Fsp3) is 0. The molecule has 3 aromatic rings. The van der Waals surface area contributed by atoms with Gasteiger partial charge in [0.25, 0.3) is 10.0 Å². The van der Waals surface area contributed by atoms with Crippen molar-refractivity contribution >= 4 is 45.1 Å². The Morgan fingerprint density at radius 3 is 2.55 bits per heavy atom. The van der Waals surface area contributed by atoms with E-state index in [0.29, 0.717) is 11.3 Å². The van der Waals surface area contributed by atoms with Crippen molar-refractivity contribution in [2.75, 3.05) is 10.0 Å². The van der Waals surface area contributed by atoms with Gasteiger partial charge in [-0.05, 0) is 48.0 Å². The number of carbonyl (C=O) groups excluding carboxylic acids is 1. The molecule has 0 atom stereocenters. The minimum atomic E-state index is -3.89. The zero-order valence-electron chi connectivity index (χ0n) is 14.8. The topological polar surface area (TPSA) is 121 Å². The van der Waals surface area contributed by atoms with E-state index in [2.05, 4.69) is 20.0 Å². The number of nitrogens with one attached hydrogen (secondary N) is 2. The lowest BCUT2D eigenvalue weighted by molar-refractivity contribution is -0.111. The van der Waals surface area contributed by atoms with Gasteiger partial charge in [-0.15, -0.1) is 0 Å². The van der Waals surface area contributed by atoms with Crippen molar-refractivity contribution in [3.63, 3.8) is 0 Å². The summed E-state index contributed by atoms with van der Waals surface area (Å²) in [6.45, 7) is 0. The van der Waals surface area contributed by atoms with Gasteiger partial charge in [0, 0.05) is 11.8 Å². The monoisotopic (exact) mass is 430 g/mol. The summed E-state index contributed by atoms with van der Waals surface area (Å²) in [6.07, 6.45) is 5.37. The number of rotatable bonds is 6. The summed E-state index contributed by atoms with van der Waals surface area (Å²) >= 11 is 5.69. The molecule has 1 amide bonds. The second-order valence-electron chi connectivity index (χ2n) is 5.77. The van der Waals surface area contributed by atoms with Crippen LogP contribution >= 0.6 is 11.6 Å². The van der Waals surface area contributed by atoms with Crippen molar-refractivity contribution in [3.05, 3.63) is 77.7 Å². The summed E-state index contributed by atoms with van der Waals surface area (Å²) < 4.78 is 27.1. The van der Waals surface area contributed by atoms with E-state index in [9.17, 15) is 18.3 Å². The van der Waals surface area contributed by atoms with Crippen LogP contribution in [0.2, 0.25) is 5.15 Å². The Balaban J connectivity index is 1.65. The SMILES string of the molecule is O=C(/C=C/c1cccc(O)c1)Nc1ccc(S(=O)(=O)Nc2cncc(Cl)n2)cc1. The number of carbonyl (C=O) groups is 1. The highest BCUT2D eigenvalue weighted by Crippen LogP contribution is 2.18. The van der Waals surface area contributed by atoms with Crippen LogP contribution in [0.25, 0.3) is 6.08 Å². The van der Waals surface area contributed by atoms with Gasteiger partial charge in [0.05, 0.1) is 17.3 Å². The highest BCUT2D eigenvalue weighted by atomic mass is 35.5. The number of aromatic nitrogens is 2. The molecule has 148 valence electrons. The number of halogens is 1. The predicted molar refractivity (Wildman–Crippen MR) is 110 cm³/mol. The minimum absolute atomic E-state index is 0.00744. The van der Waals surface area contributed by atoms with Gasteiger partial charge in [0.2, 0.25) is 5.91 Å². The standard InChI is InChI=1S/C19H15ClN4O4S/c20-17-11-21-12-18(23-17)24-29(27,28)16-7-5-14(6-8-16)22-19(26)9-4-13-2-1-3-15(25)10-13/h1-12,25H,(H,22,26)(H,23,24)/b9-4+. The molecule has 0 aliphatic heterocycles. The summed E-state index contributed by atoms with van der Waals surface area (Å²) in [4.78, 5) is 19.6. The zero-order valence-corrected chi connectivity index (χ0v) is 16.4. The summed E-state index contributed by atoms with van der Waals surface area (Å²) in [7, 11) is -3.89. The van der Waals surface area contributed by atoms with Crippen LogP contribution in [0.5, 0.6) is 5.75 Å². The number of phenols is 1. The average Bonchev–Trinajstić information content (AvgIpc) is 2.67. The molecule has 0 unspecified atom stereocenters. The van der Waals surface area contributed by atoms with E-state index >= 15 is 0 Å². The van der Waals surface area contributed by atoms with E-state index in [4.69, 9.17) is 11.6 Å². The number of anilines is 2. The molecule has 0 aliphatic carbocycles. The van der Waals surface area contributed by atoms with Crippen LogP contribution in [0.1, 0.15) is 5.56 Å². The van der Waals surface area contributed by atoms with Gasteiger partial charge < -0.3 is 10.4 Å². The molecule has 0 spiro atoms. The third-order valence-electron chi connectivity index (χ3n) is 3.57. The molecular weight excluding hydrogens is 416 g/mol. The molecule has 10 heteroatoms. The molecule has 0 saturated carbocycles.